The number of esters is 1. The van der Waals surface area contributed by atoms with Crippen molar-refractivity contribution in [2.75, 3.05) is 25.6 Å². The van der Waals surface area contributed by atoms with Crippen molar-refractivity contribution >= 4 is 33.3 Å². The van der Waals surface area contributed by atoms with Crippen LogP contribution in [0.25, 0.3) is 0 Å². The number of hydrogen-bond donors (Lipinski definition) is 2. The number of benzene rings is 2. The summed E-state index contributed by atoms with van der Waals surface area (Å²) in [5.41, 5.74) is 6.38. The molecule has 0 spiro atoms. The number of pyridine rings is 1. The minimum atomic E-state index is -3.87. The van der Waals surface area contributed by atoms with Gasteiger partial charge in [-0.25, -0.2) is 12.8 Å². The van der Waals surface area contributed by atoms with E-state index in [2.05, 4.69) is 10.3 Å². The van der Waals surface area contributed by atoms with Crippen molar-refractivity contribution in [1.29, 1.82) is 0 Å². The third kappa shape index (κ3) is 6.52. The molecule has 0 saturated carbocycles. The highest BCUT2D eigenvalue weighted by Crippen LogP contribution is 2.42. The number of amides is 2. The van der Waals surface area contributed by atoms with Crippen LogP contribution in [0, 0.1) is 11.7 Å². The van der Waals surface area contributed by atoms with Gasteiger partial charge in [0.05, 0.1) is 41.5 Å². The molecule has 3 atom stereocenters. The largest absolute Gasteiger partial charge is 0.494 e. The maximum atomic E-state index is 14.6. The van der Waals surface area contributed by atoms with Gasteiger partial charge in [-0.15, -0.1) is 0 Å². The van der Waals surface area contributed by atoms with Crippen molar-refractivity contribution in [2.24, 2.45) is 11.7 Å². The van der Waals surface area contributed by atoms with Crippen molar-refractivity contribution in [3.05, 3.63) is 83.4 Å². The van der Waals surface area contributed by atoms with E-state index in [4.69, 9.17) is 15.2 Å². The first-order chi connectivity index (χ1) is 20.9. The van der Waals surface area contributed by atoms with Gasteiger partial charge in [-0.1, -0.05) is 12.1 Å². The molecule has 0 radical (unpaired) electrons. The Hall–Kier alpha value is -4.52. The summed E-state index contributed by atoms with van der Waals surface area (Å²) in [6.07, 6.45) is 1.59. The molecule has 13 heteroatoms. The first-order valence-corrected chi connectivity index (χ1v) is 15.6. The fraction of sp³-hybridized carbons (Fsp3) is 0.355. The lowest BCUT2D eigenvalue weighted by Gasteiger charge is -2.32. The van der Waals surface area contributed by atoms with Gasteiger partial charge in [-0.2, -0.15) is 0 Å². The normalized spacial score (nSPS) is 17.3. The van der Waals surface area contributed by atoms with Crippen LogP contribution < -0.4 is 15.8 Å². The van der Waals surface area contributed by atoms with Crippen molar-refractivity contribution < 1.29 is 36.7 Å². The SMILES string of the molecule is CCOC(=O)[C@@H]1CCN(C(=O)[C@H](Nc2cccc(C(N)=O)c2)c2ccc(F)c(OC)c2)[C@H]1c1ncccc1S(=O)(=O)C(C)C. The van der Waals surface area contributed by atoms with E-state index in [9.17, 15) is 27.2 Å². The summed E-state index contributed by atoms with van der Waals surface area (Å²) >= 11 is 0. The number of methoxy groups -OCH3 is 1. The summed E-state index contributed by atoms with van der Waals surface area (Å²) in [6, 6.07) is 10.8. The summed E-state index contributed by atoms with van der Waals surface area (Å²) in [6.45, 7) is 4.89. The maximum absolute atomic E-state index is 14.6. The monoisotopic (exact) mass is 626 g/mol. The lowest BCUT2D eigenvalue weighted by atomic mass is 9.96. The van der Waals surface area contributed by atoms with Gasteiger partial charge in [0.25, 0.3) is 0 Å². The molecule has 11 nitrogen and oxygen atoms in total. The zero-order valence-electron chi connectivity index (χ0n) is 24.8. The summed E-state index contributed by atoms with van der Waals surface area (Å²) in [5, 5.41) is 2.31. The average Bonchev–Trinajstić information content (AvgIpc) is 3.45. The van der Waals surface area contributed by atoms with Crippen molar-refractivity contribution in [3.8, 4) is 5.75 Å². The third-order valence-electron chi connectivity index (χ3n) is 7.49. The molecule has 2 amide bonds. The minimum absolute atomic E-state index is 0.0521. The molecule has 234 valence electrons. The van der Waals surface area contributed by atoms with Gasteiger partial charge in [0.2, 0.25) is 11.8 Å². The number of rotatable bonds is 11. The molecule has 2 aromatic carbocycles. The van der Waals surface area contributed by atoms with Crippen LogP contribution in [0.4, 0.5) is 10.1 Å². The summed E-state index contributed by atoms with van der Waals surface area (Å²) in [4.78, 5) is 45.3. The molecule has 2 heterocycles. The highest BCUT2D eigenvalue weighted by molar-refractivity contribution is 7.92. The van der Waals surface area contributed by atoms with Gasteiger partial charge in [-0.3, -0.25) is 19.4 Å². The summed E-state index contributed by atoms with van der Waals surface area (Å²) < 4.78 is 51.7. The van der Waals surface area contributed by atoms with Crippen LogP contribution >= 0.6 is 0 Å². The molecule has 4 rings (SSSR count). The molecule has 3 aromatic rings. The number of primary amides is 1. The number of carbonyl (C=O) groups is 3. The van der Waals surface area contributed by atoms with E-state index in [0.29, 0.717) is 11.3 Å². The zero-order valence-corrected chi connectivity index (χ0v) is 25.6. The molecule has 1 fully saturated rings. The number of nitrogens with one attached hydrogen (secondary N) is 1. The molecular formula is C31H35FN4O7S. The average molecular weight is 627 g/mol. The Bertz CT molecular complexity index is 1660. The second-order valence-corrected chi connectivity index (χ2v) is 13.0. The molecule has 0 bridgehead atoms. The zero-order chi connectivity index (χ0) is 32.2. The van der Waals surface area contributed by atoms with Crippen LogP contribution in [0.3, 0.4) is 0 Å². The molecule has 0 aliphatic carbocycles. The molecule has 44 heavy (non-hydrogen) atoms. The molecule has 1 aliphatic heterocycles. The standard InChI is InChI=1S/C31H35FN4O7S/c1-5-43-31(39)22-13-15-36(28(22)27-25(10-7-14-34-27)44(40,41)18(2)3)30(38)26(19-11-12-23(32)24(17-19)42-4)35-21-9-6-8-20(16-21)29(33)37/h6-12,14,16-18,22,26,28,35H,5,13,15H2,1-4H3,(H2,33,37)/t22-,26-,28-/m1/s1. The lowest BCUT2D eigenvalue weighted by Crippen LogP contribution is -2.40. The highest BCUT2D eigenvalue weighted by Gasteiger charge is 2.47. The van der Waals surface area contributed by atoms with Gasteiger partial charge >= 0.3 is 5.97 Å². The minimum Gasteiger partial charge on any atom is -0.494 e. The number of nitrogens with two attached hydrogens (primary N) is 1. The number of nitrogens with zero attached hydrogens (tertiary/aromatic N) is 2. The number of aromatic nitrogens is 1. The Morgan fingerprint density at radius 1 is 1.14 bits per heavy atom. The Morgan fingerprint density at radius 3 is 2.55 bits per heavy atom. The number of likely N-dealkylation sites (tertiary alicyclic amines) is 1. The van der Waals surface area contributed by atoms with Gasteiger partial charge in [-0.05, 0) is 75.2 Å². The van der Waals surface area contributed by atoms with Crippen molar-refractivity contribution in [1.82, 2.24) is 9.88 Å². The lowest BCUT2D eigenvalue weighted by molar-refractivity contribution is -0.149. The van der Waals surface area contributed by atoms with Crippen LogP contribution in [-0.2, 0) is 24.2 Å². The van der Waals surface area contributed by atoms with Crippen molar-refractivity contribution in [3.63, 3.8) is 0 Å². The fourth-order valence-corrected chi connectivity index (χ4v) is 6.47. The number of ether oxygens (including phenoxy) is 2. The topological polar surface area (TPSA) is 158 Å². The van der Waals surface area contributed by atoms with Crippen LogP contribution in [0.15, 0.2) is 65.7 Å². The van der Waals surface area contributed by atoms with E-state index < -0.39 is 56.7 Å². The van der Waals surface area contributed by atoms with E-state index in [1.807, 2.05) is 0 Å². The second kappa shape index (κ2) is 13.4. The van der Waals surface area contributed by atoms with E-state index >= 15 is 0 Å². The Labute approximate surface area is 255 Å². The van der Waals surface area contributed by atoms with Crippen LogP contribution in [0.1, 0.15) is 60.9 Å². The Morgan fingerprint density at radius 2 is 1.89 bits per heavy atom. The van der Waals surface area contributed by atoms with Gasteiger partial charge < -0.3 is 25.4 Å². The first-order valence-electron chi connectivity index (χ1n) is 14.1. The molecule has 1 aliphatic rings. The second-order valence-electron chi connectivity index (χ2n) is 10.5. The molecule has 1 aromatic heterocycles. The number of sulfone groups is 1. The van der Waals surface area contributed by atoms with Gasteiger partial charge in [0, 0.05) is 24.0 Å². The smallest absolute Gasteiger partial charge is 0.311 e. The molecule has 1 saturated heterocycles. The maximum Gasteiger partial charge on any atom is 0.311 e. The van der Waals surface area contributed by atoms with E-state index in [-0.39, 0.29) is 41.5 Å². The first kappa shape index (κ1) is 32.4. The van der Waals surface area contributed by atoms with Gasteiger partial charge in [0.15, 0.2) is 21.4 Å². The number of halogens is 1. The van der Waals surface area contributed by atoms with Crippen LogP contribution in [-0.4, -0.2) is 61.6 Å². The van der Waals surface area contributed by atoms with Crippen LogP contribution in [0.5, 0.6) is 5.75 Å². The number of hydrogen-bond acceptors (Lipinski definition) is 9. The predicted octanol–water partition coefficient (Wildman–Crippen LogP) is 3.82. The molecule has 0 unspecified atom stereocenters. The van der Waals surface area contributed by atoms with Crippen LogP contribution in [0.2, 0.25) is 0 Å². The third-order valence-corrected chi connectivity index (χ3v) is 9.69. The fourth-order valence-electron chi connectivity index (χ4n) is 5.23. The Balaban J connectivity index is 1.87. The van der Waals surface area contributed by atoms with E-state index in [1.54, 1.807) is 19.1 Å². The Kier molecular flexibility index (Phi) is 9.88. The predicted molar refractivity (Wildman–Crippen MR) is 160 cm³/mol. The molecular weight excluding hydrogens is 591 g/mol. The van der Waals surface area contributed by atoms with E-state index in [1.165, 1.54) is 68.5 Å². The quantitative estimate of drug-likeness (QED) is 0.302. The number of anilines is 1. The summed E-state index contributed by atoms with van der Waals surface area (Å²) in [7, 11) is -2.58. The van der Waals surface area contributed by atoms with Crippen molar-refractivity contribution in [2.45, 2.75) is 49.4 Å². The summed E-state index contributed by atoms with van der Waals surface area (Å²) in [5.74, 6) is -3.48. The van der Waals surface area contributed by atoms with E-state index in [0.717, 1.165) is 6.07 Å². The number of carbonyl (C=O) groups excluding carboxylic acids is 3. The molecule has 3 N–H and O–H groups in total. The van der Waals surface area contributed by atoms with Gasteiger partial charge in [0.1, 0.15) is 6.04 Å². The highest BCUT2D eigenvalue weighted by atomic mass is 32.2.